The molecule has 0 aliphatic heterocycles. The van der Waals surface area contributed by atoms with E-state index in [1.54, 1.807) is 5.51 Å². The van der Waals surface area contributed by atoms with E-state index >= 15 is 0 Å². The average molecular weight is 214 g/mol. The molecular weight excluding hydrogens is 209 g/mol. The Balaban J connectivity index is 2.57. The van der Waals surface area contributed by atoms with Crippen molar-refractivity contribution in [3.63, 3.8) is 0 Å². The highest BCUT2D eigenvalue weighted by Crippen LogP contribution is 2.27. The minimum Gasteiger partial charge on any atom is -0.245 e. The lowest BCUT2D eigenvalue weighted by molar-refractivity contribution is 0.628. The highest BCUT2D eigenvalue weighted by Gasteiger charge is 2.05. The van der Waals surface area contributed by atoms with E-state index < -0.39 is 0 Å². The van der Waals surface area contributed by atoms with Crippen LogP contribution in [0.2, 0.25) is 5.02 Å². The molecule has 1 aromatic carbocycles. The van der Waals surface area contributed by atoms with Crippen LogP contribution in [0.15, 0.2) is 29.1 Å². The van der Waals surface area contributed by atoms with E-state index in [-0.39, 0.29) is 5.82 Å². The van der Waals surface area contributed by atoms with Crippen molar-refractivity contribution in [2.24, 2.45) is 0 Å². The van der Waals surface area contributed by atoms with Crippen LogP contribution in [0.1, 0.15) is 0 Å². The van der Waals surface area contributed by atoms with Gasteiger partial charge in [0.15, 0.2) is 0 Å². The first-order valence-corrected chi connectivity index (χ1v) is 4.93. The third-order valence-electron chi connectivity index (χ3n) is 1.64. The Morgan fingerprint density at radius 2 is 2.23 bits per heavy atom. The van der Waals surface area contributed by atoms with Gasteiger partial charge in [-0.1, -0.05) is 11.6 Å². The Morgan fingerprint density at radius 3 is 2.92 bits per heavy atom. The number of hydrogen-bond acceptors (Lipinski definition) is 2. The molecule has 13 heavy (non-hydrogen) atoms. The summed E-state index contributed by atoms with van der Waals surface area (Å²) in [7, 11) is 0. The molecule has 2 aromatic rings. The van der Waals surface area contributed by atoms with E-state index in [1.165, 1.54) is 29.5 Å². The average Bonchev–Trinajstić information content (AvgIpc) is 2.61. The predicted molar refractivity (Wildman–Crippen MR) is 52.5 cm³/mol. The number of aromatic nitrogens is 1. The van der Waals surface area contributed by atoms with Crippen LogP contribution in [-0.2, 0) is 0 Å². The van der Waals surface area contributed by atoms with Crippen molar-refractivity contribution in [2.75, 3.05) is 0 Å². The lowest BCUT2D eigenvalue weighted by Gasteiger charge is -1.99. The second-order valence-corrected chi connectivity index (χ2v) is 3.62. The summed E-state index contributed by atoms with van der Waals surface area (Å²) >= 11 is 7.34. The molecule has 1 heterocycles. The van der Waals surface area contributed by atoms with Crippen molar-refractivity contribution in [1.82, 2.24) is 4.98 Å². The third kappa shape index (κ3) is 1.71. The number of halogens is 2. The van der Waals surface area contributed by atoms with Gasteiger partial charge in [0.1, 0.15) is 5.82 Å². The maximum atomic E-state index is 12.9. The largest absolute Gasteiger partial charge is 0.245 e. The smallest absolute Gasteiger partial charge is 0.123 e. The zero-order chi connectivity index (χ0) is 9.26. The Labute approximate surface area is 83.8 Å². The van der Waals surface area contributed by atoms with Crippen molar-refractivity contribution in [3.8, 4) is 11.3 Å². The van der Waals surface area contributed by atoms with Crippen LogP contribution in [0, 0.1) is 5.82 Å². The van der Waals surface area contributed by atoms with E-state index in [4.69, 9.17) is 11.6 Å². The summed E-state index contributed by atoms with van der Waals surface area (Å²) in [4.78, 5) is 4.06. The van der Waals surface area contributed by atoms with Gasteiger partial charge in [-0.05, 0) is 18.2 Å². The monoisotopic (exact) mass is 213 g/mol. The van der Waals surface area contributed by atoms with Gasteiger partial charge in [-0.2, -0.15) is 0 Å². The Kier molecular flexibility index (Phi) is 2.29. The summed E-state index contributed by atoms with van der Waals surface area (Å²) < 4.78 is 12.9. The molecule has 66 valence electrons. The maximum Gasteiger partial charge on any atom is 0.123 e. The van der Waals surface area contributed by atoms with E-state index in [0.717, 1.165) is 5.69 Å². The number of rotatable bonds is 1. The molecule has 0 radical (unpaired) electrons. The van der Waals surface area contributed by atoms with Gasteiger partial charge < -0.3 is 0 Å². The fourth-order valence-electron chi connectivity index (χ4n) is 1.04. The highest BCUT2D eigenvalue weighted by atomic mass is 35.5. The number of hydrogen-bond donors (Lipinski definition) is 0. The van der Waals surface area contributed by atoms with Crippen LogP contribution in [-0.4, -0.2) is 4.98 Å². The maximum absolute atomic E-state index is 12.9. The molecule has 0 fully saturated rings. The minimum atomic E-state index is -0.299. The molecule has 0 saturated heterocycles. The van der Waals surface area contributed by atoms with Crippen LogP contribution >= 0.6 is 22.9 Å². The summed E-state index contributed by atoms with van der Waals surface area (Å²) in [5.74, 6) is -0.299. The minimum absolute atomic E-state index is 0.299. The first-order chi connectivity index (χ1) is 6.27. The first kappa shape index (κ1) is 8.66. The molecule has 0 spiro atoms. The van der Waals surface area contributed by atoms with E-state index in [0.29, 0.717) is 10.6 Å². The molecule has 4 heteroatoms. The molecule has 0 aliphatic rings. The van der Waals surface area contributed by atoms with Crippen molar-refractivity contribution in [3.05, 3.63) is 39.9 Å². The van der Waals surface area contributed by atoms with Gasteiger partial charge in [-0.15, -0.1) is 11.3 Å². The SMILES string of the molecule is Fc1ccc(Cl)c(-c2cscn2)c1. The quantitative estimate of drug-likeness (QED) is 0.705. The van der Waals surface area contributed by atoms with Crippen LogP contribution in [0.4, 0.5) is 4.39 Å². The van der Waals surface area contributed by atoms with E-state index in [2.05, 4.69) is 4.98 Å². The summed E-state index contributed by atoms with van der Waals surface area (Å²) in [5.41, 5.74) is 3.05. The second-order valence-electron chi connectivity index (χ2n) is 2.50. The van der Waals surface area contributed by atoms with Gasteiger partial charge in [-0.25, -0.2) is 9.37 Å². The summed E-state index contributed by atoms with van der Waals surface area (Å²) in [5, 5.41) is 2.35. The van der Waals surface area contributed by atoms with Gasteiger partial charge in [0, 0.05) is 10.9 Å². The number of nitrogens with zero attached hydrogens (tertiary/aromatic N) is 1. The second kappa shape index (κ2) is 3.44. The summed E-state index contributed by atoms with van der Waals surface area (Å²) in [6.45, 7) is 0. The first-order valence-electron chi connectivity index (χ1n) is 3.61. The number of benzene rings is 1. The van der Waals surface area contributed by atoms with Gasteiger partial charge in [0.05, 0.1) is 16.2 Å². The molecule has 0 N–H and O–H groups in total. The van der Waals surface area contributed by atoms with Crippen molar-refractivity contribution in [2.45, 2.75) is 0 Å². The molecule has 2 rings (SSSR count). The van der Waals surface area contributed by atoms with Crippen LogP contribution in [0.25, 0.3) is 11.3 Å². The zero-order valence-corrected chi connectivity index (χ0v) is 8.07. The normalized spacial score (nSPS) is 10.3. The number of thiazole rings is 1. The zero-order valence-electron chi connectivity index (χ0n) is 6.50. The van der Waals surface area contributed by atoms with E-state index in [1.807, 2.05) is 5.38 Å². The van der Waals surface area contributed by atoms with Crippen molar-refractivity contribution >= 4 is 22.9 Å². The molecule has 1 aromatic heterocycles. The van der Waals surface area contributed by atoms with Gasteiger partial charge in [0.25, 0.3) is 0 Å². The topological polar surface area (TPSA) is 12.9 Å². The Bertz CT molecular complexity index is 414. The Hall–Kier alpha value is -0.930. The van der Waals surface area contributed by atoms with Crippen LogP contribution in [0.3, 0.4) is 0 Å². The van der Waals surface area contributed by atoms with Crippen LogP contribution in [0.5, 0.6) is 0 Å². The van der Waals surface area contributed by atoms with Gasteiger partial charge in [0.2, 0.25) is 0 Å². The van der Waals surface area contributed by atoms with Gasteiger partial charge in [-0.3, -0.25) is 0 Å². The van der Waals surface area contributed by atoms with E-state index in [9.17, 15) is 4.39 Å². The molecule has 0 unspecified atom stereocenters. The molecular formula is C9H5ClFNS. The fourth-order valence-corrected chi connectivity index (χ4v) is 1.81. The lowest BCUT2D eigenvalue weighted by Crippen LogP contribution is -1.81. The molecule has 0 atom stereocenters. The third-order valence-corrected chi connectivity index (χ3v) is 2.55. The standard InChI is InChI=1S/C9H5ClFNS/c10-8-2-1-6(11)3-7(8)9-4-13-5-12-9/h1-5H. The highest BCUT2D eigenvalue weighted by molar-refractivity contribution is 7.07. The van der Waals surface area contributed by atoms with Crippen molar-refractivity contribution < 1.29 is 4.39 Å². The summed E-state index contributed by atoms with van der Waals surface area (Å²) in [6.07, 6.45) is 0. The fraction of sp³-hybridized carbons (Fsp3) is 0. The van der Waals surface area contributed by atoms with Gasteiger partial charge >= 0.3 is 0 Å². The molecule has 0 amide bonds. The Morgan fingerprint density at radius 1 is 1.38 bits per heavy atom. The molecule has 0 aliphatic carbocycles. The molecule has 0 bridgehead atoms. The summed E-state index contributed by atoms with van der Waals surface area (Å²) in [6, 6.07) is 4.25. The predicted octanol–water partition coefficient (Wildman–Crippen LogP) is 3.60. The molecule has 1 nitrogen and oxygen atoms in total. The lowest BCUT2D eigenvalue weighted by atomic mass is 10.2. The molecule has 0 saturated carbocycles. The van der Waals surface area contributed by atoms with Crippen LogP contribution < -0.4 is 0 Å². The van der Waals surface area contributed by atoms with Crippen molar-refractivity contribution in [1.29, 1.82) is 0 Å².